The molecule has 0 bridgehead atoms. The second kappa shape index (κ2) is 6.84. The Labute approximate surface area is 127 Å². The number of hydrogen-bond donors (Lipinski definition) is 1. The third kappa shape index (κ3) is 3.57. The summed E-state index contributed by atoms with van der Waals surface area (Å²) in [6, 6.07) is 9.63. The van der Waals surface area contributed by atoms with Gasteiger partial charge in [-0.1, -0.05) is 48.0 Å². The van der Waals surface area contributed by atoms with E-state index in [1.54, 1.807) is 12.3 Å². The Hall–Kier alpha value is -1.42. The molecule has 1 atom stereocenters. The Morgan fingerprint density at radius 3 is 2.75 bits per heavy atom. The highest BCUT2D eigenvalue weighted by Crippen LogP contribution is 2.17. The number of amides is 1. The number of para-hydroxylation sites is 1. The topological polar surface area (TPSA) is 42.0 Å². The standard InChI is InChI=1S/C16H19BrN2O/c1-11(2)9-12(10-17)19-16(20)14-7-8-18-15-6-4-3-5-13(14)15/h3-8,11-12H,9-10H2,1-2H3,(H,19,20). The molecular weight excluding hydrogens is 316 g/mol. The fraction of sp³-hybridized carbons (Fsp3) is 0.375. The predicted octanol–water partition coefficient (Wildman–Crippen LogP) is 3.77. The molecule has 0 aliphatic rings. The van der Waals surface area contributed by atoms with Crippen LogP contribution >= 0.6 is 15.9 Å². The Morgan fingerprint density at radius 1 is 1.30 bits per heavy atom. The van der Waals surface area contributed by atoms with Crippen LogP contribution in [-0.2, 0) is 0 Å². The van der Waals surface area contributed by atoms with Crippen molar-refractivity contribution in [2.45, 2.75) is 26.3 Å². The number of carbonyl (C=O) groups is 1. The van der Waals surface area contributed by atoms with Crippen molar-refractivity contribution in [1.82, 2.24) is 10.3 Å². The van der Waals surface area contributed by atoms with E-state index in [1.807, 2.05) is 24.3 Å². The van der Waals surface area contributed by atoms with E-state index in [0.717, 1.165) is 22.7 Å². The number of nitrogens with one attached hydrogen (secondary N) is 1. The first-order valence-electron chi connectivity index (χ1n) is 6.82. The molecule has 0 saturated heterocycles. The molecule has 106 valence electrons. The predicted molar refractivity (Wildman–Crippen MR) is 86.2 cm³/mol. The summed E-state index contributed by atoms with van der Waals surface area (Å²) in [4.78, 5) is 16.7. The number of pyridine rings is 1. The molecule has 0 fully saturated rings. The third-order valence-corrected chi connectivity index (χ3v) is 3.95. The molecule has 1 unspecified atom stereocenters. The number of hydrogen-bond acceptors (Lipinski definition) is 2. The van der Waals surface area contributed by atoms with E-state index in [9.17, 15) is 4.79 Å². The lowest BCUT2D eigenvalue weighted by molar-refractivity contribution is 0.0939. The molecule has 0 radical (unpaired) electrons. The minimum Gasteiger partial charge on any atom is -0.348 e. The van der Waals surface area contributed by atoms with Gasteiger partial charge in [0.2, 0.25) is 0 Å². The van der Waals surface area contributed by atoms with Crippen LogP contribution in [0.4, 0.5) is 0 Å². The zero-order valence-corrected chi connectivity index (χ0v) is 13.4. The van der Waals surface area contributed by atoms with Crippen LogP contribution < -0.4 is 5.32 Å². The smallest absolute Gasteiger partial charge is 0.252 e. The fourth-order valence-corrected chi connectivity index (χ4v) is 2.71. The van der Waals surface area contributed by atoms with Gasteiger partial charge in [-0.15, -0.1) is 0 Å². The first-order valence-corrected chi connectivity index (χ1v) is 7.94. The Bertz CT molecular complexity index is 593. The van der Waals surface area contributed by atoms with E-state index < -0.39 is 0 Å². The van der Waals surface area contributed by atoms with Crippen molar-refractivity contribution in [2.75, 3.05) is 5.33 Å². The molecule has 0 spiro atoms. The summed E-state index contributed by atoms with van der Waals surface area (Å²) >= 11 is 3.47. The number of nitrogens with zero attached hydrogens (tertiary/aromatic N) is 1. The van der Waals surface area contributed by atoms with Crippen LogP contribution in [0.5, 0.6) is 0 Å². The van der Waals surface area contributed by atoms with Crippen LogP contribution in [0.25, 0.3) is 10.9 Å². The largest absolute Gasteiger partial charge is 0.348 e. The molecule has 0 aliphatic heterocycles. The first-order chi connectivity index (χ1) is 9.61. The van der Waals surface area contributed by atoms with Gasteiger partial charge in [-0.05, 0) is 24.5 Å². The van der Waals surface area contributed by atoms with Gasteiger partial charge < -0.3 is 5.32 Å². The number of rotatable bonds is 5. The normalized spacial score (nSPS) is 12.6. The summed E-state index contributed by atoms with van der Waals surface area (Å²) < 4.78 is 0. The van der Waals surface area contributed by atoms with Gasteiger partial charge >= 0.3 is 0 Å². The van der Waals surface area contributed by atoms with Gasteiger partial charge in [-0.2, -0.15) is 0 Å². The van der Waals surface area contributed by atoms with Crippen LogP contribution in [0.1, 0.15) is 30.6 Å². The molecule has 20 heavy (non-hydrogen) atoms. The summed E-state index contributed by atoms with van der Waals surface area (Å²) in [5.41, 5.74) is 1.53. The van der Waals surface area contributed by atoms with Crippen molar-refractivity contribution in [3.8, 4) is 0 Å². The molecule has 2 aromatic rings. The lowest BCUT2D eigenvalue weighted by Gasteiger charge is -2.18. The van der Waals surface area contributed by atoms with Gasteiger partial charge in [0, 0.05) is 23.0 Å². The number of fused-ring (bicyclic) bond motifs is 1. The molecule has 0 saturated carbocycles. The summed E-state index contributed by atoms with van der Waals surface area (Å²) in [7, 11) is 0. The number of carbonyl (C=O) groups excluding carboxylic acids is 1. The van der Waals surface area contributed by atoms with Crippen LogP contribution in [0.3, 0.4) is 0 Å². The zero-order chi connectivity index (χ0) is 14.5. The van der Waals surface area contributed by atoms with E-state index in [1.165, 1.54) is 0 Å². The fourth-order valence-electron chi connectivity index (χ4n) is 2.29. The first kappa shape index (κ1) is 15.0. The van der Waals surface area contributed by atoms with Crippen LogP contribution in [-0.4, -0.2) is 22.3 Å². The lowest BCUT2D eigenvalue weighted by atomic mass is 10.0. The summed E-state index contributed by atoms with van der Waals surface area (Å²) in [6.07, 6.45) is 2.64. The van der Waals surface area contributed by atoms with Crippen molar-refractivity contribution in [3.05, 3.63) is 42.1 Å². The molecule has 2 rings (SSSR count). The van der Waals surface area contributed by atoms with Gasteiger partial charge in [-0.3, -0.25) is 9.78 Å². The minimum absolute atomic E-state index is 0.0336. The highest BCUT2D eigenvalue weighted by atomic mass is 79.9. The highest BCUT2D eigenvalue weighted by Gasteiger charge is 2.16. The Balaban J connectivity index is 2.23. The monoisotopic (exact) mass is 334 g/mol. The number of alkyl halides is 1. The SMILES string of the molecule is CC(C)CC(CBr)NC(=O)c1ccnc2ccccc12. The number of aromatic nitrogens is 1. The Morgan fingerprint density at radius 2 is 2.05 bits per heavy atom. The van der Waals surface area contributed by atoms with E-state index in [2.05, 4.69) is 40.1 Å². The van der Waals surface area contributed by atoms with Crippen molar-refractivity contribution in [3.63, 3.8) is 0 Å². The highest BCUT2D eigenvalue weighted by molar-refractivity contribution is 9.09. The van der Waals surface area contributed by atoms with Gasteiger partial charge in [0.25, 0.3) is 5.91 Å². The molecule has 1 amide bonds. The second-order valence-electron chi connectivity index (χ2n) is 5.33. The molecule has 1 N–H and O–H groups in total. The van der Waals surface area contributed by atoms with Crippen molar-refractivity contribution >= 4 is 32.7 Å². The van der Waals surface area contributed by atoms with Gasteiger partial charge in [0.15, 0.2) is 0 Å². The van der Waals surface area contributed by atoms with E-state index in [4.69, 9.17) is 0 Å². The molecule has 0 aliphatic carbocycles. The Kier molecular flexibility index (Phi) is 5.12. The van der Waals surface area contributed by atoms with E-state index in [0.29, 0.717) is 11.5 Å². The van der Waals surface area contributed by atoms with Crippen LogP contribution in [0.2, 0.25) is 0 Å². The molecule has 1 aromatic carbocycles. The van der Waals surface area contributed by atoms with Gasteiger partial charge in [0.05, 0.1) is 11.1 Å². The average molecular weight is 335 g/mol. The number of benzene rings is 1. The van der Waals surface area contributed by atoms with Crippen molar-refractivity contribution < 1.29 is 4.79 Å². The quantitative estimate of drug-likeness (QED) is 0.845. The molecule has 4 heteroatoms. The average Bonchev–Trinajstić information content (AvgIpc) is 2.45. The summed E-state index contributed by atoms with van der Waals surface area (Å²) in [6.45, 7) is 4.31. The second-order valence-corrected chi connectivity index (χ2v) is 5.98. The van der Waals surface area contributed by atoms with Gasteiger partial charge in [-0.25, -0.2) is 0 Å². The number of halogens is 1. The summed E-state index contributed by atoms with van der Waals surface area (Å²) in [5.74, 6) is 0.515. The van der Waals surface area contributed by atoms with Gasteiger partial charge in [0.1, 0.15) is 0 Å². The van der Waals surface area contributed by atoms with Crippen molar-refractivity contribution in [2.24, 2.45) is 5.92 Å². The summed E-state index contributed by atoms with van der Waals surface area (Å²) in [5, 5.41) is 4.75. The molecule has 3 nitrogen and oxygen atoms in total. The molecular formula is C16H19BrN2O. The van der Waals surface area contributed by atoms with E-state index >= 15 is 0 Å². The van der Waals surface area contributed by atoms with E-state index in [-0.39, 0.29) is 11.9 Å². The third-order valence-electron chi connectivity index (χ3n) is 3.17. The zero-order valence-electron chi connectivity index (χ0n) is 11.8. The lowest BCUT2D eigenvalue weighted by Crippen LogP contribution is -2.37. The van der Waals surface area contributed by atoms with Crippen molar-refractivity contribution in [1.29, 1.82) is 0 Å². The molecule has 1 aromatic heterocycles. The van der Waals surface area contributed by atoms with Crippen LogP contribution in [0, 0.1) is 5.92 Å². The van der Waals surface area contributed by atoms with Crippen LogP contribution in [0.15, 0.2) is 36.5 Å². The maximum atomic E-state index is 12.4. The maximum absolute atomic E-state index is 12.4. The molecule has 1 heterocycles. The maximum Gasteiger partial charge on any atom is 0.252 e. The minimum atomic E-state index is -0.0336.